The van der Waals surface area contributed by atoms with Crippen LogP contribution in [0.15, 0.2) is 0 Å². The lowest BCUT2D eigenvalue weighted by molar-refractivity contribution is -0.550. The Bertz CT molecular complexity index is 208. The van der Waals surface area contributed by atoms with Crippen LogP contribution in [-0.4, -0.2) is 21.7 Å². The third-order valence-electron chi connectivity index (χ3n) is 3.18. The molecule has 0 aliphatic heterocycles. The lowest BCUT2D eigenvalue weighted by Crippen LogP contribution is -2.49. The smallest absolute Gasteiger partial charge is 0.241 e. The molecule has 14 heavy (non-hydrogen) atoms. The molecule has 4 nitrogen and oxygen atoms in total. The van der Waals surface area contributed by atoms with Gasteiger partial charge in [0.05, 0.1) is 0 Å². The second kappa shape index (κ2) is 4.73. The Morgan fingerprint density at radius 3 is 2.86 bits per heavy atom. The number of rotatable bonds is 4. The summed E-state index contributed by atoms with van der Waals surface area (Å²) in [5, 5.41) is 21.0. The minimum absolute atomic E-state index is 0.297. The first-order valence-electron chi connectivity index (χ1n) is 5.46. The van der Waals surface area contributed by atoms with Gasteiger partial charge in [-0.15, -0.1) is 0 Å². The molecule has 0 unspecified atom stereocenters. The van der Waals surface area contributed by atoms with Gasteiger partial charge in [0, 0.05) is 11.3 Å². The van der Waals surface area contributed by atoms with Gasteiger partial charge in [0.15, 0.2) is 0 Å². The Morgan fingerprint density at radius 2 is 2.29 bits per heavy atom. The van der Waals surface area contributed by atoms with Crippen LogP contribution in [0.25, 0.3) is 0 Å². The minimum atomic E-state index is -1.03. The van der Waals surface area contributed by atoms with Gasteiger partial charge >= 0.3 is 0 Å². The summed E-state index contributed by atoms with van der Waals surface area (Å²) in [5.74, 6) is 0. The first-order chi connectivity index (χ1) is 6.60. The topological polar surface area (TPSA) is 63.4 Å². The summed E-state index contributed by atoms with van der Waals surface area (Å²) in [7, 11) is 0. The molecule has 0 aromatic rings. The molecule has 4 heteroatoms. The van der Waals surface area contributed by atoms with E-state index in [1.165, 1.54) is 0 Å². The van der Waals surface area contributed by atoms with E-state index in [4.69, 9.17) is 0 Å². The molecule has 0 aromatic heterocycles. The summed E-state index contributed by atoms with van der Waals surface area (Å²) in [6.45, 7) is 2.04. The molecule has 0 spiro atoms. The molecule has 0 saturated heterocycles. The van der Waals surface area contributed by atoms with E-state index in [-0.39, 0.29) is 4.92 Å². The molecule has 0 aromatic carbocycles. The zero-order chi connectivity index (χ0) is 10.6. The predicted octanol–water partition coefficient (Wildman–Crippen LogP) is 2.13. The molecule has 0 bridgehead atoms. The summed E-state index contributed by atoms with van der Waals surface area (Å²) in [6.07, 6.45) is 5.36. The fourth-order valence-electron chi connectivity index (χ4n) is 2.28. The number of hydrogen-bond acceptors (Lipinski definition) is 3. The van der Waals surface area contributed by atoms with E-state index < -0.39 is 11.6 Å². The van der Waals surface area contributed by atoms with Gasteiger partial charge in [0.25, 0.3) is 0 Å². The van der Waals surface area contributed by atoms with E-state index in [1.54, 1.807) is 0 Å². The molecule has 1 aliphatic rings. The monoisotopic (exact) mass is 201 g/mol. The highest BCUT2D eigenvalue weighted by Crippen LogP contribution is 2.34. The van der Waals surface area contributed by atoms with Crippen molar-refractivity contribution in [3.8, 4) is 0 Å². The first kappa shape index (κ1) is 11.4. The maximum atomic E-state index is 10.8. The molecule has 1 aliphatic carbocycles. The molecule has 1 saturated carbocycles. The normalized spacial score (nSPS) is 32.9. The molecular weight excluding hydrogens is 182 g/mol. The van der Waals surface area contributed by atoms with E-state index in [9.17, 15) is 15.2 Å². The number of nitrogens with zero attached hydrogens (tertiary/aromatic N) is 1. The average molecular weight is 201 g/mol. The van der Waals surface area contributed by atoms with Crippen molar-refractivity contribution in [3.05, 3.63) is 10.1 Å². The minimum Gasteiger partial charge on any atom is -0.383 e. The second-order valence-electron chi connectivity index (χ2n) is 4.25. The summed E-state index contributed by atoms with van der Waals surface area (Å²) in [5.41, 5.74) is -1.03. The Kier molecular flexibility index (Phi) is 3.86. The fraction of sp³-hybridized carbons (Fsp3) is 1.00. The van der Waals surface area contributed by atoms with Crippen LogP contribution in [0.4, 0.5) is 0 Å². The van der Waals surface area contributed by atoms with Gasteiger partial charge in [-0.1, -0.05) is 26.2 Å². The SMILES string of the molecule is CCCC[C@]1(O)CCCC[C@H]1[N+](=O)[O-]. The first-order valence-corrected chi connectivity index (χ1v) is 5.46. The van der Waals surface area contributed by atoms with Crippen molar-refractivity contribution in [2.24, 2.45) is 0 Å². The van der Waals surface area contributed by atoms with Crippen molar-refractivity contribution < 1.29 is 10.0 Å². The molecule has 1 fully saturated rings. The van der Waals surface area contributed by atoms with Crippen LogP contribution >= 0.6 is 0 Å². The maximum absolute atomic E-state index is 10.8. The maximum Gasteiger partial charge on any atom is 0.241 e. The fourth-order valence-corrected chi connectivity index (χ4v) is 2.28. The Hall–Kier alpha value is -0.640. The average Bonchev–Trinajstić information content (AvgIpc) is 2.15. The van der Waals surface area contributed by atoms with Crippen LogP contribution in [0, 0.1) is 10.1 Å². The molecule has 0 amide bonds. The number of aliphatic hydroxyl groups is 1. The van der Waals surface area contributed by atoms with Gasteiger partial charge < -0.3 is 5.11 Å². The van der Waals surface area contributed by atoms with E-state index in [1.807, 2.05) is 6.92 Å². The third kappa shape index (κ3) is 2.44. The van der Waals surface area contributed by atoms with E-state index in [0.29, 0.717) is 19.3 Å². The highest BCUT2D eigenvalue weighted by Gasteiger charge is 2.46. The van der Waals surface area contributed by atoms with Crippen LogP contribution in [0.5, 0.6) is 0 Å². The van der Waals surface area contributed by atoms with E-state index in [0.717, 1.165) is 25.7 Å². The number of hydrogen-bond donors (Lipinski definition) is 1. The number of nitro groups is 1. The zero-order valence-corrected chi connectivity index (χ0v) is 8.74. The van der Waals surface area contributed by atoms with Gasteiger partial charge in [-0.25, -0.2) is 0 Å². The molecule has 1 rings (SSSR count). The van der Waals surface area contributed by atoms with Crippen molar-refractivity contribution in [1.82, 2.24) is 0 Å². The van der Waals surface area contributed by atoms with Crippen molar-refractivity contribution in [1.29, 1.82) is 0 Å². The summed E-state index contributed by atoms with van der Waals surface area (Å²) in [4.78, 5) is 10.5. The van der Waals surface area contributed by atoms with Crippen LogP contribution in [0.1, 0.15) is 51.9 Å². The van der Waals surface area contributed by atoms with Crippen molar-refractivity contribution >= 4 is 0 Å². The lowest BCUT2D eigenvalue weighted by Gasteiger charge is -2.34. The molecule has 1 N–H and O–H groups in total. The highest BCUT2D eigenvalue weighted by molar-refractivity contribution is 4.90. The van der Waals surface area contributed by atoms with Crippen LogP contribution in [-0.2, 0) is 0 Å². The lowest BCUT2D eigenvalue weighted by atomic mass is 9.77. The largest absolute Gasteiger partial charge is 0.383 e. The van der Waals surface area contributed by atoms with Crippen molar-refractivity contribution in [2.45, 2.75) is 63.5 Å². The summed E-state index contributed by atoms with van der Waals surface area (Å²) < 4.78 is 0. The van der Waals surface area contributed by atoms with Crippen LogP contribution < -0.4 is 0 Å². The van der Waals surface area contributed by atoms with Gasteiger partial charge in [-0.05, 0) is 19.3 Å². The molecule has 0 radical (unpaired) electrons. The highest BCUT2D eigenvalue weighted by atomic mass is 16.6. The number of unbranched alkanes of at least 4 members (excludes halogenated alkanes) is 1. The van der Waals surface area contributed by atoms with Gasteiger partial charge in [0.2, 0.25) is 6.04 Å². The molecule has 82 valence electrons. The summed E-state index contributed by atoms with van der Waals surface area (Å²) in [6, 6.07) is -0.734. The quantitative estimate of drug-likeness (QED) is 0.559. The van der Waals surface area contributed by atoms with Crippen molar-refractivity contribution in [3.63, 3.8) is 0 Å². The Labute approximate surface area is 84.5 Å². The van der Waals surface area contributed by atoms with Gasteiger partial charge in [-0.3, -0.25) is 10.1 Å². The van der Waals surface area contributed by atoms with E-state index in [2.05, 4.69) is 0 Å². The third-order valence-corrected chi connectivity index (χ3v) is 3.18. The Balaban J connectivity index is 2.64. The standard InChI is InChI=1S/C10H19NO3/c1-2-3-7-10(12)8-5-4-6-9(10)11(13)14/h9,12H,2-8H2,1H3/t9-,10+/m1/s1. The van der Waals surface area contributed by atoms with Crippen LogP contribution in [0.3, 0.4) is 0 Å². The zero-order valence-electron chi connectivity index (χ0n) is 8.74. The van der Waals surface area contributed by atoms with Gasteiger partial charge in [0.1, 0.15) is 5.60 Å². The molecule has 2 atom stereocenters. The van der Waals surface area contributed by atoms with E-state index >= 15 is 0 Å². The summed E-state index contributed by atoms with van der Waals surface area (Å²) >= 11 is 0. The van der Waals surface area contributed by atoms with Gasteiger partial charge in [-0.2, -0.15) is 0 Å². The second-order valence-corrected chi connectivity index (χ2v) is 4.25. The molecule has 0 heterocycles. The molecular formula is C10H19NO3. The Morgan fingerprint density at radius 1 is 1.57 bits per heavy atom. The van der Waals surface area contributed by atoms with Crippen molar-refractivity contribution in [2.75, 3.05) is 0 Å². The van der Waals surface area contributed by atoms with Crippen LogP contribution in [0.2, 0.25) is 0 Å². The predicted molar refractivity (Wildman–Crippen MR) is 53.7 cm³/mol.